The molecule has 0 bridgehead atoms. The molecule has 6 rings (SSSR count). The third-order valence-electron chi connectivity index (χ3n) is 6.53. The zero-order valence-corrected chi connectivity index (χ0v) is 18.9. The Balaban J connectivity index is 0.00000216. The summed E-state index contributed by atoms with van der Waals surface area (Å²) in [6.45, 7) is 7.28. The van der Waals surface area contributed by atoms with Crippen LogP contribution in [-0.4, -0.2) is 62.3 Å². The molecule has 2 amide bonds. The van der Waals surface area contributed by atoms with Crippen molar-refractivity contribution in [3.05, 3.63) is 35.5 Å². The molecule has 5 heterocycles. The third-order valence-corrected chi connectivity index (χ3v) is 6.53. The van der Waals surface area contributed by atoms with Gasteiger partial charge in [-0.15, -0.1) is 12.4 Å². The van der Waals surface area contributed by atoms with Crippen molar-refractivity contribution in [3.63, 3.8) is 0 Å². The van der Waals surface area contributed by atoms with Gasteiger partial charge in [0.15, 0.2) is 0 Å². The number of amides is 2. The summed E-state index contributed by atoms with van der Waals surface area (Å²) in [5.74, 6) is 1.92. The van der Waals surface area contributed by atoms with Crippen molar-refractivity contribution in [3.8, 4) is 0 Å². The van der Waals surface area contributed by atoms with Crippen molar-refractivity contribution in [1.29, 1.82) is 0 Å². The predicted octanol–water partition coefficient (Wildman–Crippen LogP) is 2.09. The Labute approximate surface area is 191 Å². The van der Waals surface area contributed by atoms with Crippen LogP contribution in [0.3, 0.4) is 0 Å². The first kappa shape index (κ1) is 20.9. The molecule has 2 aliphatic heterocycles. The molecule has 0 aromatic carbocycles. The number of aromatic nitrogens is 5. The highest BCUT2D eigenvalue weighted by molar-refractivity contribution is 6.03. The predicted molar refractivity (Wildman–Crippen MR) is 124 cm³/mol. The lowest BCUT2D eigenvalue weighted by molar-refractivity contribution is 0.257. The molecule has 3 aromatic rings. The highest BCUT2D eigenvalue weighted by atomic mass is 35.5. The highest BCUT2D eigenvalue weighted by Crippen LogP contribution is 2.41. The van der Waals surface area contributed by atoms with Crippen molar-refractivity contribution in [2.75, 3.05) is 41.3 Å². The van der Waals surface area contributed by atoms with Gasteiger partial charge in [0.1, 0.15) is 11.6 Å². The maximum atomic E-state index is 13.1. The lowest BCUT2D eigenvalue weighted by Crippen LogP contribution is -2.52. The fourth-order valence-electron chi connectivity index (χ4n) is 4.73. The molecule has 3 aliphatic rings. The Morgan fingerprint density at radius 1 is 1.22 bits per heavy atom. The van der Waals surface area contributed by atoms with Gasteiger partial charge in [-0.2, -0.15) is 10.1 Å². The molecule has 10 nitrogen and oxygen atoms in total. The first-order chi connectivity index (χ1) is 15.0. The smallest absolute Gasteiger partial charge is 0.327 e. The molecule has 1 aliphatic carbocycles. The standard InChI is InChI=1S/C21H25N9O.ClH/c1-13-16(11-30-19(24-13)25-14(2)27-30)26-20(31)29-9-4-15-17(3-7-22-18(15)29)28-10-8-23-21(12-28)5-6-21;/h3,7,11,23H,4-6,8-10,12H2,1-2H3,(H,26,31);1H. The number of pyridine rings is 1. The number of carbonyl (C=O) groups is 1. The molecule has 168 valence electrons. The van der Waals surface area contributed by atoms with E-state index in [4.69, 9.17) is 0 Å². The van der Waals surface area contributed by atoms with E-state index in [1.165, 1.54) is 18.5 Å². The quantitative estimate of drug-likeness (QED) is 0.609. The van der Waals surface area contributed by atoms with Crippen molar-refractivity contribution in [2.45, 2.75) is 38.6 Å². The molecule has 3 aromatic heterocycles. The summed E-state index contributed by atoms with van der Waals surface area (Å²) in [4.78, 5) is 30.6. The number of halogens is 1. The van der Waals surface area contributed by atoms with Gasteiger partial charge in [-0.1, -0.05) is 0 Å². The largest absolute Gasteiger partial charge is 0.368 e. The normalized spacial score (nSPS) is 18.6. The van der Waals surface area contributed by atoms with Crippen LogP contribution in [0.1, 0.15) is 29.9 Å². The van der Waals surface area contributed by atoms with Crippen molar-refractivity contribution < 1.29 is 4.79 Å². The maximum absolute atomic E-state index is 13.1. The molecule has 32 heavy (non-hydrogen) atoms. The summed E-state index contributed by atoms with van der Waals surface area (Å²) < 4.78 is 1.59. The fourth-order valence-corrected chi connectivity index (χ4v) is 4.73. The number of nitrogens with one attached hydrogen (secondary N) is 2. The Hall–Kier alpha value is -2.98. The Morgan fingerprint density at radius 3 is 2.88 bits per heavy atom. The summed E-state index contributed by atoms with van der Waals surface area (Å²) in [5.41, 5.74) is 3.99. The lowest BCUT2D eigenvalue weighted by atomic mass is 10.1. The summed E-state index contributed by atoms with van der Waals surface area (Å²) in [6, 6.07) is 1.89. The first-order valence-corrected chi connectivity index (χ1v) is 10.8. The zero-order valence-electron chi connectivity index (χ0n) is 18.1. The topological polar surface area (TPSA) is 104 Å². The van der Waals surface area contributed by atoms with E-state index >= 15 is 0 Å². The summed E-state index contributed by atoms with van der Waals surface area (Å²) in [6.07, 6.45) is 6.87. The van der Waals surface area contributed by atoms with Gasteiger partial charge in [0.2, 0.25) is 0 Å². The summed E-state index contributed by atoms with van der Waals surface area (Å²) >= 11 is 0. The highest BCUT2D eigenvalue weighted by Gasteiger charge is 2.46. The van der Waals surface area contributed by atoms with Crippen LogP contribution in [0.15, 0.2) is 18.5 Å². The molecular formula is C21H26ClN9O. The molecule has 1 spiro atoms. The van der Waals surface area contributed by atoms with Gasteiger partial charge in [-0.25, -0.2) is 19.3 Å². The van der Waals surface area contributed by atoms with Crippen LogP contribution in [0.2, 0.25) is 0 Å². The molecule has 0 radical (unpaired) electrons. The number of anilines is 3. The SMILES string of the molecule is Cc1nc2nc(C)c(NC(=O)N3CCc4c(N5CCNC6(CC6)C5)ccnc43)cn2n1.Cl. The van der Waals surface area contributed by atoms with Gasteiger partial charge in [-0.05, 0) is 39.2 Å². The minimum absolute atomic E-state index is 0. The van der Waals surface area contributed by atoms with Crippen LogP contribution in [0.4, 0.5) is 22.0 Å². The Kier molecular flexibility index (Phi) is 4.94. The third kappa shape index (κ3) is 3.43. The van der Waals surface area contributed by atoms with E-state index in [1.54, 1.807) is 15.6 Å². The van der Waals surface area contributed by atoms with Gasteiger partial charge in [-0.3, -0.25) is 4.90 Å². The van der Waals surface area contributed by atoms with Crippen LogP contribution < -0.4 is 20.4 Å². The van der Waals surface area contributed by atoms with E-state index in [0.717, 1.165) is 37.4 Å². The average Bonchev–Trinajstić information content (AvgIpc) is 3.18. The molecule has 1 saturated carbocycles. The van der Waals surface area contributed by atoms with E-state index in [0.29, 0.717) is 35.1 Å². The fraction of sp³-hybridized carbons (Fsp3) is 0.476. The number of fused-ring (bicyclic) bond motifs is 2. The Bertz CT molecular complexity index is 1210. The van der Waals surface area contributed by atoms with Gasteiger partial charge >= 0.3 is 6.03 Å². The van der Waals surface area contributed by atoms with Gasteiger partial charge < -0.3 is 15.5 Å². The van der Waals surface area contributed by atoms with E-state index in [9.17, 15) is 4.79 Å². The van der Waals surface area contributed by atoms with E-state index in [-0.39, 0.29) is 18.4 Å². The first-order valence-electron chi connectivity index (χ1n) is 10.8. The van der Waals surface area contributed by atoms with Crippen LogP contribution in [0.25, 0.3) is 5.78 Å². The summed E-state index contributed by atoms with van der Waals surface area (Å²) in [5, 5.41) is 10.9. The average molecular weight is 456 g/mol. The van der Waals surface area contributed by atoms with Gasteiger partial charge in [0, 0.05) is 49.2 Å². The number of piperazine rings is 1. The number of hydrogen-bond acceptors (Lipinski definition) is 7. The molecule has 0 atom stereocenters. The molecule has 1 saturated heterocycles. The second-order valence-electron chi connectivity index (χ2n) is 8.74. The van der Waals surface area contributed by atoms with E-state index in [1.807, 2.05) is 20.0 Å². The molecule has 2 fully saturated rings. The molecule has 2 N–H and O–H groups in total. The van der Waals surface area contributed by atoms with Gasteiger partial charge in [0.25, 0.3) is 5.78 Å². The van der Waals surface area contributed by atoms with Crippen molar-refractivity contribution in [2.24, 2.45) is 0 Å². The maximum Gasteiger partial charge on any atom is 0.327 e. The van der Waals surface area contributed by atoms with Gasteiger partial charge in [0.05, 0.1) is 17.6 Å². The van der Waals surface area contributed by atoms with Crippen LogP contribution in [0, 0.1) is 13.8 Å². The van der Waals surface area contributed by atoms with Crippen molar-refractivity contribution in [1.82, 2.24) is 29.9 Å². The molecule has 11 heteroatoms. The number of carbonyl (C=O) groups excluding carboxylic acids is 1. The zero-order chi connectivity index (χ0) is 21.2. The number of hydrogen-bond donors (Lipinski definition) is 2. The minimum Gasteiger partial charge on any atom is -0.368 e. The number of rotatable bonds is 2. The summed E-state index contributed by atoms with van der Waals surface area (Å²) in [7, 11) is 0. The van der Waals surface area contributed by atoms with Crippen molar-refractivity contribution >= 4 is 41.4 Å². The van der Waals surface area contributed by atoms with Crippen LogP contribution in [-0.2, 0) is 6.42 Å². The molecule has 0 unspecified atom stereocenters. The minimum atomic E-state index is -0.205. The lowest BCUT2D eigenvalue weighted by Gasteiger charge is -2.36. The second kappa shape index (κ2) is 7.56. The van der Waals surface area contributed by atoms with E-state index < -0.39 is 0 Å². The Morgan fingerprint density at radius 2 is 2.06 bits per heavy atom. The van der Waals surface area contributed by atoms with E-state index in [2.05, 4.69) is 41.7 Å². The number of nitrogens with zero attached hydrogens (tertiary/aromatic N) is 7. The second-order valence-corrected chi connectivity index (χ2v) is 8.74. The number of urea groups is 1. The number of aryl methyl sites for hydroxylation is 2. The molecular weight excluding hydrogens is 430 g/mol. The van der Waals surface area contributed by atoms with Crippen LogP contribution in [0.5, 0.6) is 0 Å². The monoisotopic (exact) mass is 455 g/mol. The van der Waals surface area contributed by atoms with Crippen LogP contribution >= 0.6 is 12.4 Å².